The Morgan fingerprint density at radius 3 is 2.25 bits per heavy atom. The number of oxime groups is 1. The molecule has 2 aliphatic heterocycles. The lowest BCUT2D eigenvalue weighted by molar-refractivity contribution is -0.251. The molecule has 0 aromatic rings. The van der Waals surface area contributed by atoms with Crippen LogP contribution >= 0.6 is 0 Å². The molecule has 0 aromatic carbocycles. The molecule has 0 saturated heterocycles. The lowest BCUT2D eigenvalue weighted by Gasteiger charge is -1.97. The van der Waals surface area contributed by atoms with E-state index in [2.05, 4.69) is 25.3 Å². The van der Waals surface area contributed by atoms with E-state index in [4.69, 9.17) is 0 Å². The van der Waals surface area contributed by atoms with Crippen LogP contribution in [0, 0.1) is 0 Å². The highest BCUT2D eigenvalue weighted by atomic mass is 17.3. The first-order valence-corrected chi connectivity index (χ1v) is 3.24. The van der Waals surface area contributed by atoms with Gasteiger partial charge in [-0.1, -0.05) is 0 Å². The Balaban J connectivity index is 0.000000120. The molecule has 5 heteroatoms. The van der Waals surface area contributed by atoms with Gasteiger partial charge in [-0.2, -0.15) is 4.99 Å². The van der Waals surface area contributed by atoms with Gasteiger partial charge in [-0.05, 0) is 23.4 Å². The van der Waals surface area contributed by atoms with E-state index >= 15 is 0 Å². The fourth-order valence-electron chi connectivity index (χ4n) is 0.435. The summed E-state index contributed by atoms with van der Waals surface area (Å²) < 4.78 is 0. The monoisotopic (exact) mass is 168 g/mol. The molecule has 0 aliphatic carbocycles. The topological polar surface area (TPSA) is 52.1 Å². The van der Waals surface area contributed by atoms with Crippen LogP contribution in [-0.2, 0) is 14.7 Å². The highest BCUT2D eigenvalue weighted by Gasteiger charge is 1.77. The van der Waals surface area contributed by atoms with Crippen LogP contribution in [0.15, 0.2) is 42.1 Å². The lowest BCUT2D eigenvalue weighted by atomic mass is 10.6. The molecular weight excluding hydrogens is 160 g/mol. The number of nitrogens with one attached hydrogen (secondary N) is 1. The molecule has 0 atom stereocenters. The molecule has 5 nitrogen and oxygen atoms in total. The second-order valence-electron chi connectivity index (χ2n) is 1.68. The highest BCUT2D eigenvalue weighted by Crippen LogP contribution is 1.84. The van der Waals surface area contributed by atoms with Gasteiger partial charge in [0.2, 0.25) is 0 Å². The summed E-state index contributed by atoms with van der Waals surface area (Å²) in [6.07, 6.45) is 11.4. The van der Waals surface area contributed by atoms with Crippen LogP contribution in [0.25, 0.3) is 0 Å². The Bertz CT molecular complexity index is 173. The summed E-state index contributed by atoms with van der Waals surface area (Å²) in [6, 6.07) is 0. The average molecular weight is 168 g/mol. The fourth-order valence-corrected chi connectivity index (χ4v) is 0.435. The molecule has 0 amide bonds. The van der Waals surface area contributed by atoms with Crippen LogP contribution in [0.5, 0.6) is 0 Å². The van der Waals surface area contributed by atoms with Gasteiger partial charge in [0, 0.05) is 6.20 Å². The SMILES string of the molecule is C1=CNOC=C1.C1=COON=C1. The number of hydrogen-bond acceptors (Lipinski definition) is 5. The molecule has 2 aliphatic rings. The molecule has 0 radical (unpaired) electrons. The van der Waals surface area contributed by atoms with Crippen molar-refractivity contribution in [3.63, 3.8) is 0 Å². The minimum Gasteiger partial charge on any atom is -0.391 e. The molecule has 12 heavy (non-hydrogen) atoms. The van der Waals surface area contributed by atoms with Crippen molar-refractivity contribution in [1.82, 2.24) is 5.48 Å². The third kappa shape index (κ3) is 3.99. The Morgan fingerprint density at radius 2 is 2.08 bits per heavy atom. The molecule has 0 aromatic heterocycles. The van der Waals surface area contributed by atoms with E-state index in [1.165, 1.54) is 12.5 Å². The predicted molar refractivity (Wildman–Crippen MR) is 42.3 cm³/mol. The predicted octanol–water partition coefficient (Wildman–Crippen LogP) is 0.996. The van der Waals surface area contributed by atoms with Gasteiger partial charge in [0.05, 0.1) is 6.21 Å². The fraction of sp³-hybridized carbons (Fsp3) is 0. The minimum absolute atomic E-state index is 1.40. The van der Waals surface area contributed by atoms with Crippen molar-refractivity contribution in [1.29, 1.82) is 0 Å². The van der Waals surface area contributed by atoms with Gasteiger partial charge in [0.1, 0.15) is 12.5 Å². The summed E-state index contributed by atoms with van der Waals surface area (Å²) in [7, 11) is 0. The minimum atomic E-state index is 1.40. The zero-order chi connectivity index (χ0) is 8.49. The van der Waals surface area contributed by atoms with Gasteiger partial charge in [-0.25, -0.2) is 5.48 Å². The smallest absolute Gasteiger partial charge is 0.147 e. The van der Waals surface area contributed by atoms with Crippen LogP contribution < -0.4 is 5.48 Å². The first-order valence-electron chi connectivity index (χ1n) is 3.24. The van der Waals surface area contributed by atoms with Gasteiger partial charge in [0.25, 0.3) is 0 Å². The van der Waals surface area contributed by atoms with Gasteiger partial charge < -0.3 is 4.84 Å². The van der Waals surface area contributed by atoms with Crippen molar-refractivity contribution in [2.75, 3.05) is 0 Å². The Morgan fingerprint density at radius 1 is 1.08 bits per heavy atom. The summed E-state index contributed by atoms with van der Waals surface area (Å²) in [4.78, 5) is 12.8. The molecule has 0 fully saturated rings. The molecule has 64 valence electrons. The molecule has 0 saturated carbocycles. The first-order chi connectivity index (χ1) is 6.00. The largest absolute Gasteiger partial charge is 0.391 e. The Kier molecular flexibility index (Phi) is 3.99. The third-order valence-electron chi connectivity index (χ3n) is 0.857. The molecular formula is C7H8N2O3. The van der Waals surface area contributed by atoms with E-state index in [0.29, 0.717) is 0 Å². The Labute approximate surface area is 69.5 Å². The number of hydroxylamine groups is 1. The molecule has 0 unspecified atom stereocenters. The van der Waals surface area contributed by atoms with Gasteiger partial charge in [-0.15, -0.1) is 0 Å². The van der Waals surface area contributed by atoms with E-state index in [1.807, 2.05) is 6.08 Å². The van der Waals surface area contributed by atoms with Crippen molar-refractivity contribution in [3.05, 3.63) is 37.0 Å². The normalized spacial score (nSPS) is 16.0. The van der Waals surface area contributed by atoms with E-state index < -0.39 is 0 Å². The zero-order valence-electron chi connectivity index (χ0n) is 6.21. The van der Waals surface area contributed by atoms with E-state index in [9.17, 15) is 0 Å². The van der Waals surface area contributed by atoms with Gasteiger partial charge in [-0.3, -0.25) is 4.89 Å². The molecule has 1 N–H and O–H groups in total. The van der Waals surface area contributed by atoms with Crippen LogP contribution in [0.2, 0.25) is 0 Å². The third-order valence-corrected chi connectivity index (χ3v) is 0.857. The lowest BCUT2D eigenvalue weighted by Crippen LogP contribution is -2.01. The van der Waals surface area contributed by atoms with Crippen LogP contribution in [0.4, 0.5) is 0 Å². The van der Waals surface area contributed by atoms with Crippen LogP contribution in [-0.4, -0.2) is 6.21 Å². The van der Waals surface area contributed by atoms with E-state index in [-0.39, 0.29) is 0 Å². The summed E-state index contributed by atoms with van der Waals surface area (Å²) in [5.74, 6) is 0. The number of rotatable bonds is 0. The zero-order valence-corrected chi connectivity index (χ0v) is 6.21. The Hall–Kier alpha value is -1.91. The van der Waals surface area contributed by atoms with Crippen molar-refractivity contribution >= 4 is 6.21 Å². The summed E-state index contributed by atoms with van der Waals surface area (Å²) in [5.41, 5.74) is 2.52. The summed E-state index contributed by atoms with van der Waals surface area (Å²) >= 11 is 0. The highest BCUT2D eigenvalue weighted by molar-refractivity contribution is 5.70. The average Bonchev–Trinajstić information content (AvgIpc) is 2.24. The maximum atomic E-state index is 4.55. The van der Waals surface area contributed by atoms with Crippen LogP contribution in [0.3, 0.4) is 0 Å². The number of hydrogen-bond donors (Lipinski definition) is 1. The maximum Gasteiger partial charge on any atom is 0.147 e. The number of allylic oxidation sites excluding steroid dienone is 3. The van der Waals surface area contributed by atoms with Crippen molar-refractivity contribution < 1.29 is 14.7 Å². The van der Waals surface area contributed by atoms with Crippen molar-refractivity contribution in [2.24, 2.45) is 5.16 Å². The summed E-state index contributed by atoms with van der Waals surface area (Å²) in [6.45, 7) is 0. The number of nitrogens with zero attached hydrogens (tertiary/aromatic N) is 1. The first kappa shape index (κ1) is 8.19. The van der Waals surface area contributed by atoms with E-state index in [0.717, 1.165) is 0 Å². The van der Waals surface area contributed by atoms with Gasteiger partial charge >= 0.3 is 0 Å². The van der Waals surface area contributed by atoms with Gasteiger partial charge in [0.15, 0.2) is 0 Å². The molecule has 2 heterocycles. The summed E-state index contributed by atoms with van der Waals surface area (Å²) in [5, 5.41) is 3.24. The second kappa shape index (κ2) is 5.84. The quantitative estimate of drug-likeness (QED) is 0.548. The second-order valence-corrected chi connectivity index (χ2v) is 1.68. The maximum absolute atomic E-state index is 4.55. The van der Waals surface area contributed by atoms with Crippen LogP contribution in [0.1, 0.15) is 0 Å². The molecule has 0 spiro atoms. The van der Waals surface area contributed by atoms with Crippen molar-refractivity contribution in [3.8, 4) is 0 Å². The van der Waals surface area contributed by atoms with Crippen molar-refractivity contribution in [2.45, 2.75) is 0 Å². The molecule has 0 bridgehead atoms. The molecule has 2 rings (SSSR count). The van der Waals surface area contributed by atoms with E-state index in [1.54, 1.807) is 24.6 Å². The standard InChI is InChI=1S/C4H5NO.C3H3NO2/c2*1-2-4-6-5-3-1/h1-5H;1-3H.